The van der Waals surface area contributed by atoms with Crippen molar-refractivity contribution >= 4 is 5.91 Å². The van der Waals surface area contributed by atoms with Crippen LogP contribution in [0.4, 0.5) is 0 Å². The van der Waals surface area contributed by atoms with E-state index in [1.54, 1.807) is 18.5 Å². The standard InChI is InChI=1S/C20H22N2O2/c1-13-18-10-14-5-6-16(23)11-17(14)20(13,2)7-9-22(18)19(24)15-4-3-8-21-12-15/h3-6,8,11-13,18,23H,7,9-10H2,1-2H3/t13?,18-,20-/m1/s1. The van der Waals surface area contributed by atoms with Crippen molar-refractivity contribution in [1.82, 2.24) is 9.88 Å². The second-order valence-corrected chi connectivity index (χ2v) is 7.31. The molecular weight excluding hydrogens is 300 g/mol. The minimum Gasteiger partial charge on any atom is -0.508 e. The van der Waals surface area contributed by atoms with Crippen LogP contribution in [0.1, 0.15) is 41.8 Å². The average molecular weight is 322 g/mol. The van der Waals surface area contributed by atoms with Gasteiger partial charge in [-0.2, -0.15) is 0 Å². The fraction of sp³-hybridized carbons (Fsp3) is 0.400. The first-order valence-electron chi connectivity index (χ1n) is 8.54. The van der Waals surface area contributed by atoms with E-state index in [0.717, 1.165) is 19.4 Å². The Morgan fingerprint density at radius 3 is 2.96 bits per heavy atom. The van der Waals surface area contributed by atoms with E-state index in [-0.39, 0.29) is 17.4 Å². The predicted molar refractivity (Wildman–Crippen MR) is 92.0 cm³/mol. The second-order valence-electron chi connectivity index (χ2n) is 7.31. The minimum absolute atomic E-state index is 0.00269. The summed E-state index contributed by atoms with van der Waals surface area (Å²) in [6, 6.07) is 9.52. The number of likely N-dealkylation sites (tertiary alicyclic amines) is 1. The lowest BCUT2D eigenvalue weighted by molar-refractivity contribution is 0.0249. The zero-order chi connectivity index (χ0) is 16.9. The Bertz CT molecular complexity index is 789. The Labute approximate surface area is 142 Å². The summed E-state index contributed by atoms with van der Waals surface area (Å²) >= 11 is 0. The van der Waals surface area contributed by atoms with E-state index in [2.05, 4.69) is 18.8 Å². The van der Waals surface area contributed by atoms with Gasteiger partial charge in [0, 0.05) is 25.0 Å². The molecule has 1 fully saturated rings. The summed E-state index contributed by atoms with van der Waals surface area (Å²) < 4.78 is 0. The molecule has 4 heteroatoms. The number of benzene rings is 1. The largest absolute Gasteiger partial charge is 0.508 e. The number of phenols is 1. The molecule has 2 heterocycles. The van der Waals surface area contributed by atoms with E-state index >= 15 is 0 Å². The molecule has 1 aromatic heterocycles. The molecule has 124 valence electrons. The van der Waals surface area contributed by atoms with Gasteiger partial charge in [0.15, 0.2) is 0 Å². The van der Waals surface area contributed by atoms with E-state index in [4.69, 9.17) is 0 Å². The van der Waals surface area contributed by atoms with Crippen molar-refractivity contribution in [3.8, 4) is 5.75 Å². The Hall–Kier alpha value is -2.36. The van der Waals surface area contributed by atoms with E-state index in [0.29, 0.717) is 17.2 Å². The number of pyridine rings is 1. The third-order valence-corrected chi connectivity index (χ3v) is 6.16. The first kappa shape index (κ1) is 15.2. The minimum atomic E-state index is 0.00269. The number of hydrogen-bond acceptors (Lipinski definition) is 3. The highest BCUT2D eigenvalue weighted by atomic mass is 16.3. The van der Waals surface area contributed by atoms with Gasteiger partial charge in [-0.3, -0.25) is 9.78 Å². The van der Waals surface area contributed by atoms with Crippen molar-refractivity contribution in [3.63, 3.8) is 0 Å². The molecule has 1 saturated heterocycles. The molecule has 4 nitrogen and oxygen atoms in total. The van der Waals surface area contributed by atoms with Crippen LogP contribution in [-0.4, -0.2) is 33.5 Å². The van der Waals surface area contributed by atoms with Gasteiger partial charge in [0.1, 0.15) is 5.75 Å². The summed E-state index contributed by atoms with van der Waals surface area (Å²) in [4.78, 5) is 19.1. The quantitative estimate of drug-likeness (QED) is 0.877. The zero-order valence-electron chi connectivity index (χ0n) is 14.1. The highest BCUT2D eigenvalue weighted by molar-refractivity contribution is 5.94. The van der Waals surface area contributed by atoms with E-state index < -0.39 is 0 Å². The highest BCUT2D eigenvalue weighted by Gasteiger charge is 2.49. The molecule has 1 aliphatic heterocycles. The molecule has 24 heavy (non-hydrogen) atoms. The van der Waals surface area contributed by atoms with Gasteiger partial charge in [0.25, 0.3) is 5.91 Å². The summed E-state index contributed by atoms with van der Waals surface area (Å²) in [7, 11) is 0. The number of aromatic hydroxyl groups is 1. The zero-order valence-corrected chi connectivity index (χ0v) is 14.1. The van der Waals surface area contributed by atoms with Crippen LogP contribution in [0.3, 0.4) is 0 Å². The molecule has 1 unspecified atom stereocenters. The molecule has 0 spiro atoms. The number of fused-ring (bicyclic) bond motifs is 4. The summed E-state index contributed by atoms with van der Waals surface area (Å²) in [5.41, 5.74) is 3.16. The number of piperidine rings is 1. The van der Waals surface area contributed by atoms with Gasteiger partial charge in [-0.25, -0.2) is 0 Å². The topological polar surface area (TPSA) is 53.4 Å². The predicted octanol–water partition coefficient (Wildman–Crippen LogP) is 3.15. The third kappa shape index (κ3) is 2.13. The van der Waals surface area contributed by atoms with Crippen molar-refractivity contribution in [1.29, 1.82) is 0 Å². The van der Waals surface area contributed by atoms with Crippen LogP contribution in [0.25, 0.3) is 0 Å². The van der Waals surface area contributed by atoms with Gasteiger partial charge in [0.2, 0.25) is 0 Å². The third-order valence-electron chi connectivity index (χ3n) is 6.16. The van der Waals surface area contributed by atoms with Gasteiger partial charge in [-0.05, 0) is 59.6 Å². The first-order valence-corrected chi connectivity index (χ1v) is 8.54. The monoisotopic (exact) mass is 322 g/mol. The molecule has 3 atom stereocenters. The Kier molecular flexibility index (Phi) is 3.37. The molecule has 2 bridgehead atoms. The van der Waals surface area contributed by atoms with Crippen molar-refractivity contribution < 1.29 is 9.90 Å². The molecule has 1 amide bonds. The Morgan fingerprint density at radius 2 is 2.21 bits per heavy atom. The SMILES string of the molecule is CC1[C@H]2Cc3ccc(O)cc3[C@]1(C)CCN2C(=O)c1cccnc1. The van der Waals surface area contributed by atoms with Crippen molar-refractivity contribution in [2.45, 2.75) is 38.1 Å². The molecule has 0 saturated carbocycles. The molecule has 1 N–H and O–H groups in total. The molecule has 2 aliphatic rings. The molecule has 4 rings (SSSR count). The van der Waals surface area contributed by atoms with Crippen LogP contribution in [-0.2, 0) is 11.8 Å². The molecule has 1 aromatic carbocycles. The van der Waals surface area contributed by atoms with Crippen molar-refractivity contribution in [2.75, 3.05) is 6.54 Å². The van der Waals surface area contributed by atoms with Gasteiger partial charge >= 0.3 is 0 Å². The second kappa shape index (κ2) is 5.33. The van der Waals surface area contributed by atoms with Crippen LogP contribution in [0.2, 0.25) is 0 Å². The van der Waals surface area contributed by atoms with Crippen LogP contribution in [0.5, 0.6) is 5.75 Å². The maximum absolute atomic E-state index is 13.0. The maximum atomic E-state index is 13.0. The number of carbonyl (C=O) groups is 1. The Balaban J connectivity index is 1.73. The molecule has 1 aliphatic carbocycles. The van der Waals surface area contributed by atoms with Crippen LogP contribution < -0.4 is 0 Å². The number of nitrogens with zero attached hydrogens (tertiary/aromatic N) is 2. The lowest BCUT2D eigenvalue weighted by Crippen LogP contribution is -2.59. The number of rotatable bonds is 1. The number of aromatic nitrogens is 1. The Morgan fingerprint density at radius 1 is 1.38 bits per heavy atom. The molecular formula is C20H22N2O2. The molecule has 2 aromatic rings. The summed E-state index contributed by atoms with van der Waals surface area (Å²) in [6.07, 6.45) is 5.09. The van der Waals surface area contributed by atoms with Gasteiger partial charge in [0.05, 0.1) is 5.56 Å². The summed E-state index contributed by atoms with van der Waals surface area (Å²) in [5.74, 6) is 0.750. The molecule has 0 radical (unpaired) electrons. The highest BCUT2D eigenvalue weighted by Crippen LogP contribution is 2.49. The fourth-order valence-corrected chi connectivity index (χ4v) is 4.51. The number of hydrogen-bond donors (Lipinski definition) is 1. The van der Waals surface area contributed by atoms with Crippen molar-refractivity contribution in [3.05, 3.63) is 59.4 Å². The lowest BCUT2D eigenvalue weighted by atomic mass is 9.59. The normalized spacial score (nSPS) is 28.3. The summed E-state index contributed by atoms with van der Waals surface area (Å²) in [6.45, 7) is 5.25. The van der Waals surface area contributed by atoms with E-state index in [1.165, 1.54) is 11.1 Å². The van der Waals surface area contributed by atoms with Crippen molar-refractivity contribution in [2.24, 2.45) is 5.92 Å². The van der Waals surface area contributed by atoms with E-state index in [9.17, 15) is 9.90 Å². The fourth-order valence-electron chi connectivity index (χ4n) is 4.51. The van der Waals surface area contributed by atoms with Gasteiger partial charge < -0.3 is 10.0 Å². The summed E-state index contributed by atoms with van der Waals surface area (Å²) in [5, 5.41) is 9.90. The van der Waals surface area contributed by atoms with Crippen LogP contribution in [0.15, 0.2) is 42.7 Å². The number of carbonyl (C=O) groups excluding carboxylic acids is 1. The van der Waals surface area contributed by atoms with Crippen LogP contribution >= 0.6 is 0 Å². The first-order chi connectivity index (χ1) is 11.5. The smallest absolute Gasteiger partial charge is 0.255 e. The van der Waals surface area contributed by atoms with Crippen LogP contribution in [0, 0.1) is 5.92 Å². The number of amides is 1. The lowest BCUT2D eigenvalue weighted by Gasteiger charge is -2.54. The number of phenolic OH excluding ortho intramolecular Hbond substituents is 1. The van der Waals surface area contributed by atoms with Gasteiger partial charge in [-0.15, -0.1) is 0 Å². The van der Waals surface area contributed by atoms with Gasteiger partial charge in [-0.1, -0.05) is 19.9 Å². The van der Waals surface area contributed by atoms with E-state index in [1.807, 2.05) is 29.2 Å². The average Bonchev–Trinajstić information content (AvgIpc) is 2.59. The maximum Gasteiger partial charge on any atom is 0.255 e.